The molecule has 0 spiro atoms. The minimum Gasteiger partial charge on any atom is -0.327 e. The largest absolute Gasteiger partial charge is 0.327 e. The quantitative estimate of drug-likeness (QED) is 0.916. The van der Waals surface area contributed by atoms with Crippen molar-refractivity contribution in [1.29, 1.82) is 0 Å². The van der Waals surface area contributed by atoms with E-state index in [-0.39, 0.29) is 11.5 Å². The molecule has 1 fully saturated rings. The van der Waals surface area contributed by atoms with E-state index in [9.17, 15) is 0 Å². The lowest BCUT2D eigenvalue weighted by molar-refractivity contribution is 0.625. The van der Waals surface area contributed by atoms with Crippen LogP contribution in [0.1, 0.15) is 49.0 Å². The Morgan fingerprint density at radius 3 is 2.52 bits per heavy atom. The first-order valence-corrected chi connectivity index (χ1v) is 7.80. The van der Waals surface area contributed by atoms with Crippen molar-refractivity contribution in [3.63, 3.8) is 0 Å². The number of rotatable bonds is 5. The fraction of sp³-hybridized carbons (Fsp3) is 0.444. The van der Waals surface area contributed by atoms with Crippen molar-refractivity contribution in [2.24, 2.45) is 5.73 Å². The van der Waals surface area contributed by atoms with Gasteiger partial charge in [0.25, 0.3) is 0 Å². The molecule has 2 aromatic rings. The molecule has 0 bridgehead atoms. The van der Waals surface area contributed by atoms with Crippen LogP contribution in [0.2, 0.25) is 0 Å². The molecule has 110 valence electrons. The zero-order chi connectivity index (χ0) is 14.9. The molecule has 1 heterocycles. The average Bonchev–Trinajstić information content (AvgIpc) is 3.29. The van der Waals surface area contributed by atoms with E-state index in [4.69, 9.17) is 15.7 Å². The Morgan fingerprint density at radius 1 is 1.19 bits per heavy atom. The zero-order valence-corrected chi connectivity index (χ0v) is 12.8. The first-order valence-electron chi connectivity index (χ1n) is 7.80. The molecule has 0 amide bonds. The van der Waals surface area contributed by atoms with Crippen LogP contribution >= 0.6 is 0 Å². The molecule has 3 heteroatoms. The molecule has 1 aromatic heterocycles. The van der Waals surface area contributed by atoms with Crippen LogP contribution in [0.15, 0.2) is 36.4 Å². The van der Waals surface area contributed by atoms with Crippen molar-refractivity contribution in [2.75, 3.05) is 0 Å². The van der Waals surface area contributed by atoms with E-state index < -0.39 is 0 Å². The Bertz CT molecular complexity index is 618. The second-order valence-electron chi connectivity index (χ2n) is 6.14. The van der Waals surface area contributed by atoms with E-state index in [1.165, 1.54) is 5.56 Å². The van der Waals surface area contributed by atoms with Crippen LogP contribution in [0.3, 0.4) is 0 Å². The molecule has 1 aromatic carbocycles. The molecule has 2 N–H and O–H groups in total. The summed E-state index contributed by atoms with van der Waals surface area (Å²) >= 11 is 0. The summed E-state index contributed by atoms with van der Waals surface area (Å²) in [6.45, 7) is 4.17. The van der Waals surface area contributed by atoms with Crippen molar-refractivity contribution < 1.29 is 0 Å². The SMILES string of the molecule is CCC(N)Cc1cc(C)nc(C2(c3ccccc3)CC2)n1. The summed E-state index contributed by atoms with van der Waals surface area (Å²) in [6.07, 6.45) is 4.08. The third kappa shape index (κ3) is 2.84. The van der Waals surface area contributed by atoms with Crippen molar-refractivity contribution >= 4 is 0 Å². The molecule has 1 aliphatic rings. The Balaban J connectivity index is 1.96. The standard InChI is InChI=1S/C18H23N3/c1-3-15(19)12-16-11-13(2)20-17(21-16)18(9-10-18)14-7-5-4-6-8-14/h4-8,11,15H,3,9-10,12,19H2,1-2H3. The highest BCUT2D eigenvalue weighted by Crippen LogP contribution is 2.52. The average molecular weight is 281 g/mol. The van der Waals surface area contributed by atoms with Crippen molar-refractivity contribution in [3.8, 4) is 0 Å². The lowest BCUT2D eigenvalue weighted by Gasteiger charge is -2.17. The van der Waals surface area contributed by atoms with E-state index in [2.05, 4.69) is 43.3 Å². The van der Waals surface area contributed by atoms with Gasteiger partial charge in [-0.1, -0.05) is 37.3 Å². The fourth-order valence-corrected chi connectivity index (χ4v) is 2.89. The highest BCUT2D eigenvalue weighted by molar-refractivity contribution is 5.39. The molecule has 3 rings (SSSR count). The summed E-state index contributed by atoms with van der Waals surface area (Å²) in [4.78, 5) is 9.57. The second-order valence-corrected chi connectivity index (χ2v) is 6.14. The lowest BCUT2D eigenvalue weighted by atomic mass is 9.94. The summed E-state index contributed by atoms with van der Waals surface area (Å²) in [5.41, 5.74) is 9.58. The maximum atomic E-state index is 6.08. The Labute approximate surface area is 126 Å². The third-order valence-electron chi connectivity index (χ3n) is 4.41. The van der Waals surface area contributed by atoms with Crippen LogP contribution in [-0.2, 0) is 11.8 Å². The number of aryl methyl sites for hydroxylation is 1. The van der Waals surface area contributed by atoms with Crippen LogP contribution in [0, 0.1) is 6.92 Å². The van der Waals surface area contributed by atoms with E-state index in [0.29, 0.717) is 0 Å². The highest BCUT2D eigenvalue weighted by Gasteiger charge is 2.48. The van der Waals surface area contributed by atoms with Gasteiger partial charge in [-0.25, -0.2) is 9.97 Å². The smallest absolute Gasteiger partial charge is 0.139 e. The summed E-state index contributed by atoms with van der Waals surface area (Å²) in [7, 11) is 0. The molecule has 0 aliphatic heterocycles. The maximum absolute atomic E-state index is 6.08. The van der Waals surface area contributed by atoms with Gasteiger partial charge in [0.2, 0.25) is 0 Å². The molecule has 1 aliphatic carbocycles. The Morgan fingerprint density at radius 2 is 1.90 bits per heavy atom. The number of hydrogen-bond acceptors (Lipinski definition) is 3. The molecule has 3 nitrogen and oxygen atoms in total. The van der Waals surface area contributed by atoms with E-state index in [1.54, 1.807) is 0 Å². The zero-order valence-electron chi connectivity index (χ0n) is 12.8. The van der Waals surface area contributed by atoms with Crippen LogP contribution in [0.5, 0.6) is 0 Å². The molecular formula is C18H23N3. The van der Waals surface area contributed by atoms with Gasteiger partial charge in [0.1, 0.15) is 5.82 Å². The third-order valence-corrected chi connectivity index (χ3v) is 4.41. The number of benzene rings is 1. The Kier molecular flexibility index (Phi) is 3.77. The van der Waals surface area contributed by atoms with Gasteiger partial charge in [0, 0.05) is 23.9 Å². The van der Waals surface area contributed by atoms with Gasteiger partial charge in [0.15, 0.2) is 0 Å². The van der Waals surface area contributed by atoms with Crippen molar-refractivity contribution in [2.45, 2.75) is 51.0 Å². The van der Waals surface area contributed by atoms with E-state index in [0.717, 1.165) is 42.9 Å². The summed E-state index contributed by atoms with van der Waals surface area (Å²) in [6, 6.07) is 12.9. The fourth-order valence-electron chi connectivity index (χ4n) is 2.89. The maximum Gasteiger partial charge on any atom is 0.139 e. The molecule has 0 saturated heterocycles. The minimum absolute atomic E-state index is 0.0400. The molecule has 0 radical (unpaired) electrons. The van der Waals surface area contributed by atoms with Crippen molar-refractivity contribution in [3.05, 3.63) is 59.2 Å². The predicted molar refractivity (Wildman–Crippen MR) is 85.2 cm³/mol. The molecule has 1 atom stereocenters. The van der Waals surface area contributed by atoms with Crippen LogP contribution in [-0.4, -0.2) is 16.0 Å². The second kappa shape index (κ2) is 5.57. The molecule has 1 unspecified atom stereocenters. The van der Waals surface area contributed by atoms with Gasteiger partial charge < -0.3 is 5.73 Å². The summed E-state index contributed by atoms with van der Waals surface area (Å²) in [5.74, 6) is 0.979. The Hall–Kier alpha value is -1.74. The number of hydrogen-bond donors (Lipinski definition) is 1. The molecule has 1 saturated carbocycles. The number of aromatic nitrogens is 2. The van der Waals surface area contributed by atoms with Gasteiger partial charge in [-0.2, -0.15) is 0 Å². The van der Waals surface area contributed by atoms with Crippen LogP contribution in [0.25, 0.3) is 0 Å². The van der Waals surface area contributed by atoms with Crippen molar-refractivity contribution in [1.82, 2.24) is 9.97 Å². The van der Waals surface area contributed by atoms with Gasteiger partial charge in [-0.15, -0.1) is 0 Å². The topological polar surface area (TPSA) is 51.8 Å². The first-order chi connectivity index (χ1) is 10.1. The summed E-state index contributed by atoms with van der Waals surface area (Å²) < 4.78 is 0. The van der Waals surface area contributed by atoms with Crippen LogP contribution in [0.4, 0.5) is 0 Å². The predicted octanol–water partition coefficient (Wildman–Crippen LogP) is 3.14. The summed E-state index contributed by atoms with van der Waals surface area (Å²) in [5, 5.41) is 0. The van der Waals surface area contributed by atoms with Gasteiger partial charge in [0.05, 0.1) is 5.41 Å². The van der Waals surface area contributed by atoms with E-state index in [1.807, 2.05) is 6.92 Å². The van der Waals surface area contributed by atoms with Gasteiger partial charge in [-0.3, -0.25) is 0 Å². The minimum atomic E-state index is 0.0400. The first kappa shape index (κ1) is 14.2. The molecular weight excluding hydrogens is 258 g/mol. The normalized spacial score (nSPS) is 17.5. The van der Waals surface area contributed by atoms with Crippen LogP contribution < -0.4 is 5.73 Å². The highest BCUT2D eigenvalue weighted by atomic mass is 14.9. The number of nitrogens with zero attached hydrogens (tertiary/aromatic N) is 2. The van der Waals surface area contributed by atoms with E-state index >= 15 is 0 Å². The van der Waals surface area contributed by atoms with Gasteiger partial charge in [-0.05, 0) is 37.8 Å². The molecule has 21 heavy (non-hydrogen) atoms. The van der Waals surface area contributed by atoms with Gasteiger partial charge >= 0.3 is 0 Å². The monoisotopic (exact) mass is 281 g/mol. The lowest BCUT2D eigenvalue weighted by Crippen LogP contribution is -2.23. The number of nitrogens with two attached hydrogens (primary N) is 1.